The molecule has 0 aromatic rings. The number of carbonyl (C=O) groups is 3. The van der Waals surface area contributed by atoms with Gasteiger partial charge in [-0.25, -0.2) is 0 Å². The van der Waals surface area contributed by atoms with Gasteiger partial charge < -0.3 is 14.2 Å². The summed E-state index contributed by atoms with van der Waals surface area (Å²) < 4.78 is 16.8. The van der Waals surface area contributed by atoms with Crippen LogP contribution < -0.4 is 0 Å². The van der Waals surface area contributed by atoms with Crippen LogP contribution >= 0.6 is 0 Å². The quantitative estimate of drug-likeness (QED) is 0.0261. The van der Waals surface area contributed by atoms with E-state index in [9.17, 15) is 14.4 Å². The Hall–Kier alpha value is -4.19. The molecule has 0 N–H and O–H groups in total. The highest BCUT2D eigenvalue weighted by atomic mass is 16.6. The topological polar surface area (TPSA) is 78.9 Å². The second-order valence-corrected chi connectivity index (χ2v) is 19.9. The van der Waals surface area contributed by atoms with E-state index in [4.69, 9.17) is 14.2 Å². The Bertz CT molecular complexity index is 1550. The highest BCUT2D eigenvalue weighted by Crippen LogP contribution is 2.15. The van der Waals surface area contributed by atoms with E-state index in [2.05, 4.69) is 142 Å². The van der Waals surface area contributed by atoms with Crippen LogP contribution in [0.15, 0.2) is 122 Å². The molecule has 0 aliphatic carbocycles. The Kier molecular flexibility index (Phi) is 57.9. The van der Waals surface area contributed by atoms with Crippen molar-refractivity contribution >= 4 is 17.9 Å². The van der Waals surface area contributed by atoms with Crippen LogP contribution in [0.3, 0.4) is 0 Å². The standard InChI is InChI=1S/C68H112O6/c1-4-7-10-13-16-19-21-23-25-26-27-28-29-30-31-32-33-34-35-36-37-38-39-40-41-42-44-45-47-49-52-55-58-61-67(70)73-64-65(63-72-66(69)60-57-54-51-18-15-12-9-6-3)74-68(71)62-59-56-53-50-48-46-43-24-22-20-17-14-11-8-5-2/h7-8,10-11,16-17,19-20,23-25,27-28,30-31,33-34,36-37,43,65H,4-6,9,12-15,18,21-22,26,29,32,35,38-42,44-64H2,1-3H3/b10-7-,11-8-,19-16-,20-17-,25-23-,28-27-,31-30-,34-33-,37-36-,43-24-. The van der Waals surface area contributed by atoms with Crippen molar-refractivity contribution in [3.05, 3.63) is 122 Å². The van der Waals surface area contributed by atoms with Crippen molar-refractivity contribution in [2.75, 3.05) is 13.2 Å². The maximum atomic E-state index is 12.8. The van der Waals surface area contributed by atoms with Crippen molar-refractivity contribution in [2.24, 2.45) is 0 Å². The van der Waals surface area contributed by atoms with Gasteiger partial charge in [-0.2, -0.15) is 0 Å². The lowest BCUT2D eigenvalue weighted by atomic mass is 10.0. The summed E-state index contributed by atoms with van der Waals surface area (Å²) >= 11 is 0. The van der Waals surface area contributed by atoms with E-state index >= 15 is 0 Å². The monoisotopic (exact) mass is 1020 g/mol. The first kappa shape index (κ1) is 69.8. The van der Waals surface area contributed by atoms with Gasteiger partial charge in [0.2, 0.25) is 0 Å². The molecule has 6 nitrogen and oxygen atoms in total. The van der Waals surface area contributed by atoms with Gasteiger partial charge >= 0.3 is 17.9 Å². The van der Waals surface area contributed by atoms with Crippen molar-refractivity contribution < 1.29 is 28.6 Å². The van der Waals surface area contributed by atoms with Gasteiger partial charge in [-0.15, -0.1) is 0 Å². The van der Waals surface area contributed by atoms with Gasteiger partial charge in [0.1, 0.15) is 13.2 Å². The van der Waals surface area contributed by atoms with Gasteiger partial charge in [-0.05, 0) is 109 Å². The third-order valence-corrected chi connectivity index (χ3v) is 12.7. The van der Waals surface area contributed by atoms with E-state index < -0.39 is 6.10 Å². The lowest BCUT2D eigenvalue weighted by Gasteiger charge is -2.18. The van der Waals surface area contributed by atoms with Gasteiger partial charge in [0.05, 0.1) is 0 Å². The van der Waals surface area contributed by atoms with E-state index in [1.807, 2.05) is 0 Å². The highest BCUT2D eigenvalue weighted by Gasteiger charge is 2.19. The first-order valence-corrected chi connectivity index (χ1v) is 30.5. The summed E-state index contributed by atoms with van der Waals surface area (Å²) in [6.45, 7) is 6.37. The number of carbonyl (C=O) groups excluding carboxylic acids is 3. The Morgan fingerprint density at radius 2 is 0.527 bits per heavy atom. The van der Waals surface area contributed by atoms with Crippen molar-refractivity contribution in [3.8, 4) is 0 Å². The Balaban J connectivity index is 4.14. The van der Waals surface area contributed by atoms with Crippen LogP contribution in [0.5, 0.6) is 0 Å². The fraction of sp³-hybridized carbons (Fsp3) is 0.662. The number of rotatable bonds is 54. The zero-order valence-electron chi connectivity index (χ0n) is 48.1. The number of allylic oxidation sites excluding steroid dienone is 20. The fourth-order valence-electron chi connectivity index (χ4n) is 8.20. The van der Waals surface area contributed by atoms with E-state index in [1.165, 1.54) is 89.9 Å². The summed E-state index contributed by atoms with van der Waals surface area (Å²) in [5.41, 5.74) is 0. The largest absolute Gasteiger partial charge is 0.462 e. The second kappa shape index (κ2) is 61.4. The molecule has 0 saturated heterocycles. The predicted molar refractivity (Wildman–Crippen MR) is 320 cm³/mol. The second-order valence-electron chi connectivity index (χ2n) is 19.9. The lowest BCUT2D eigenvalue weighted by Crippen LogP contribution is -2.30. The minimum absolute atomic E-state index is 0.0856. The van der Waals surface area contributed by atoms with Gasteiger partial charge in [0.25, 0.3) is 0 Å². The smallest absolute Gasteiger partial charge is 0.306 e. The summed E-state index contributed by atoms with van der Waals surface area (Å²) in [5.74, 6) is -0.910. The molecular formula is C68H112O6. The van der Waals surface area contributed by atoms with Crippen LogP contribution in [-0.2, 0) is 28.6 Å². The predicted octanol–water partition coefficient (Wildman–Crippen LogP) is 20.8. The molecule has 0 rings (SSSR count). The van der Waals surface area contributed by atoms with Crippen LogP contribution in [0.25, 0.3) is 0 Å². The molecule has 0 radical (unpaired) electrons. The SMILES string of the molecule is CC/C=C\C/C=C\C/C=C\C/C=C\C/C=C\C/C=C\C/C=C\CCCCCCCCCCCCCC(=O)OCC(COC(=O)CCCCCCCCCC)OC(=O)CCCCCCC/C=C\C/C=C\C/C=C\CC. The van der Waals surface area contributed by atoms with Crippen LogP contribution in [0.4, 0.5) is 0 Å². The maximum Gasteiger partial charge on any atom is 0.306 e. The third-order valence-electron chi connectivity index (χ3n) is 12.7. The molecule has 420 valence electrons. The van der Waals surface area contributed by atoms with Crippen molar-refractivity contribution in [3.63, 3.8) is 0 Å². The zero-order valence-corrected chi connectivity index (χ0v) is 48.1. The fourth-order valence-corrected chi connectivity index (χ4v) is 8.20. The Labute approximate surface area is 456 Å². The zero-order chi connectivity index (χ0) is 53.6. The molecule has 0 saturated carbocycles. The van der Waals surface area contributed by atoms with Crippen molar-refractivity contribution in [2.45, 2.75) is 277 Å². The molecule has 0 aromatic carbocycles. The van der Waals surface area contributed by atoms with Crippen LogP contribution in [-0.4, -0.2) is 37.2 Å². The van der Waals surface area contributed by atoms with Gasteiger partial charge in [0.15, 0.2) is 6.10 Å². The summed E-state index contributed by atoms with van der Waals surface area (Å²) in [6, 6.07) is 0. The number of hydrogen-bond acceptors (Lipinski definition) is 6. The Morgan fingerprint density at radius 1 is 0.284 bits per heavy atom. The van der Waals surface area contributed by atoms with Crippen LogP contribution in [0, 0.1) is 0 Å². The van der Waals surface area contributed by atoms with E-state index in [0.29, 0.717) is 19.3 Å². The number of ether oxygens (including phenoxy) is 3. The molecule has 0 spiro atoms. The molecule has 0 amide bonds. The molecule has 0 aliphatic rings. The molecule has 6 heteroatoms. The van der Waals surface area contributed by atoms with Gasteiger partial charge in [-0.1, -0.05) is 264 Å². The summed E-state index contributed by atoms with van der Waals surface area (Å²) in [5, 5.41) is 0. The average molecular weight is 1030 g/mol. The summed E-state index contributed by atoms with van der Waals surface area (Å²) in [4.78, 5) is 38.0. The summed E-state index contributed by atoms with van der Waals surface area (Å²) in [7, 11) is 0. The number of hydrogen-bond donors (Lipinski definition) is 0. The van der Waals surface area contributed by atoms with Gasteiger partial charge in [0, 0.05) is 19.3 Å². The summed E-state index contributed by atoms with van der Waals surface area (Å²) in [6.07, 6.45) is 85.1. The first-order chi connectivity index (χ1) is 36.5. The lowest BCUT2D eigenvalue weighted by molar-refractivity contribution is -0.167. The highest BCUT2D eigenvalue weighted by molar-refractivity contribution is 5.71. The molecule has 1 unspecified atom stereocenters. The minimum atomic E-state index is -0.787. The molecule has 0 heterocycles. The molecule has 0 fully saturated rings. The molecule has 74 heavy (non-hydrogen) atoms. The van der Waals surface area contributed by atoms with Gasteiger partial charge in [-0.3, -0.25) is 14.4 Å². The van der Waals surface area contributed by atoms with E-state index in [-0.39, 0.29) is 31.1 Å². The van der Waals surface area contributed by atoms with E-state index in [1.54, 1.807) is 0 Å². The average Bonchev–Trinajstić information content (AvgIpc) is 3.40. The minimum Gasteiger partial charge on any atom is -0.462 e. The van der Waals surface area contributed by atoms with Crippen LogP contribution in [0.1, 0.15) is 271 Å². The van der Waals surface area contributed by atoms with E-state index in [0.717, 1.165) is 141 Å². The first-order valence-electron chi connectivity index (χ1n) is 30.5. The molecular weight excluding hydrogens is 913 g/mol. The van der Waals surface area contributed by atoms with Crippen LogP contribution in [0.2, 0.25) is 0 Å². The van der Waals surface area contributed by atoms with Crippen molar-refractivity contribution in [1.82, 2.24) is 0 Å². The molecule has 0 aromatic heterocycles. The molecule has 1 atom stereocenters. The third kappa shape index (κ3) is 58.7. The number of esters is 3. The normalized spacial score (nSPS) is 13.0. The Morgan fingerprint density at radius 3 is 0.824 bits per heavy atom. The molecule has 0 bridgehead atoms. The van der Waals surface area contributed by atoms with Crippen molar-refractivity contribution in [1.29, 1.82) is 0 Å². The molecule has 0 aliphatic heterocycles. The maximum absolute atomic E-state index is 12.8. The number of unbranched alkanes of at least 4 members (excludes halogenated alkanes) is 23.